The molecule has 0 saturated carbocycles. The lowest BCUT2D eigenvalue weighted by molar-refractivity contribution is -0.386. The maximum absolute atomic E-state index is 13.4. The molecule has 5 aromatic rings. The molecule has 0 unspecified atom stereocenters. The average Bonchev–Trinajstić information content (AvgIpc) is 3.37. The van der Waals surface area contributed by atoms with E-state index in [1.807, 2.05) is 18.2 Å². The summed E-state index contributed by atoms with van der Waals surface area (Å²) in [5.74, 6) is -0.587. The highest BCUT2D eigenvalue weighted by molar-refractivity contribution is 6.32. The first-order valence-corrected chi connectivity index (χ1v) is 11.9. The van der Waals surface area contributed by atoms with E-state index < -0.39 is 28.2 Å². The van der Waals surface area contributed by atoms with Crippen LogP contribution in [0, 0.1) is 10.1 Å². The lowest BCUT2D eigenvalue weighted by Crippen LogP contribution is -2.25. The number of esters is 1. The zero-order valence-electron chi connectivity index (χ0n) is 20.5. The minimum atomic E-state index is -1.14. The Kier molecular flexibility index (Phi) is 6.82. The number of hydrogen-bond donors (Lipinski definition) is 0. The number of nitro groups is 1. The van der Waals surface area contributed by atoms with Gasteiger partial charge in [-0.3, -0.25) is 14.9 Å². The number of carbonyl (C=O) groups excluding carboxylic acids is 1. The van der Waals surface area contributed by atoms with Gasteiger partial charge in [-0.25, -0.2) is 9.78 Å². The van der Waals surface area contributed by atoms with Gasteiger partial charge in [-0.05, 0) is 37.3 Å². The van der Waals surface area contributed by atoms with E-state index in [1.54, 1.807) is 36.4 Å². The molecule has 0 bridgehead atoms. The van der Waals surface area contributed by atoms with Gasteiger partial charge in [0.1, 0.15) is 5.58 Å². The van der Waals surface area contributed by atoms with E-state index in [4.69, 9.17) is 20.8 Å². The van der Waals surface area contributed by atoms with Crippen LogP contribution < -0.4 is 10.3 Å². The number of hydrogen-bond acceptors (Lipinski definition) is 9. The first kappa shape index (κ1) is 25.6. The monoisotopic (exact) mass is 546 g/mol. The smallest absolute Gasteiger partial charge is 0.346 e. The number of fused-ring (bicyclic) bond motifs is 2. The standard InChI is InChI=1S/C27H19ClN4O7/c1-15(27(34)37-2)38-24-19(28)11-16(12-21(24)32(35)36)14-29-31-25(23-13-17-7-3-6-10-22(17)39-23)30-20-9-5-4-8-18(20)26(31)33/h3-15H,1-2H3/t15-/m1/s1. The molecule has 0 saturated heterocycles. The van der Waals surface area contributed by atoms with E-state index in [-0.39, 0.29) is 22.2 Å². The number of benzene rings is 3. The van der Waals surface area contributed by atoms with E-state index in [0.717, 1.165) is 16.1 Å². The molecular weight excluding hydrogens is 528 g/mol. The van der Waals surface area contributed by atoms with Gasteiger partial charge < -0.3 is 13.9 Å². The fourth-order valence-corrected chi connectivity index (χ4v) is 4.19. The van der Waals surface area contributed by atoms with E-state index >= 15 is 0 Å². The van der Waals surface area contributed by atoms with Crippen molar-refractivity contribution in [3.8, 4) is 17.3 Å². The first-order chi connectivity index (χ1) is 18.8. The molecule has 1 atom stereocenters. The van der Waals surface area contributed by atoms with Crippen LogP contribution in [0.3, 0.4) is 0 Å². The van der Waals surface area contributed by atoms with Crippen molar-refractivity contribution in [1.82, 2.24) is 9.66 Å². The van der Waals surface area contributed by atoms with Crippen molar-refractivity contribution in [2.75, 3.05) is 7.11 Å². The summed E-state index contributed by atoms with van der Waals surface area (Å²) in [5, 5.41) is 17.1. The van der Waals surface area contributed by atoms with Crippen molar-refractivity contribution < 1.29 is 23.6 Å². The van der Waals surface area contributed by atoms with Crippen LogP contribution in [-0.4, -0.2) is 40.0 Å². The summed E-state index contributed by atoms with van der Waals surface area (Å²) >= 11 is 6.29. The summed E-state index contributed by atoms with van der Waals surface area (Å²) in [6, 6.07) is 18.4. The summed E-state index contributed by atoms with van der Waals surface area (Å²) in [4.78, 5) is 40.9. The maximum Gasteiger partial charge on any atom is 0.346 e. The van der Waals surface area contributed by atoms with Crippen LogP contribution >= 0.6 is 11.6 Å². The normalized spacial score (nSPS) is 12.2. The Labute approximate surface area is 225 Å². The number of para-hydroxylation sites is 2. The number of aromatic nitrogens is 2. The molecule has 2 aromatic heterocycles. The lowest BCUT2D eigenvalue weighted by Gasteiger charge is -2.14. The second-order valence-electron chi connectivity index (χ2n) is 8.35. The molecular formula is C27H19ClN4O7. The first-order valence-electron chi connectivity index (χ1n) is 11.5. The number of ether oxygens (including phenoxy) is 2. The molecule has 5 rings (SSSR count). The van der Waals surface area contributed by atoms with Crippen molar-refractivity contribution >= 4 is 51.3 Å². The van der Waals surface area contributed by atoms with Gasteiger partial charge >= 0.3 is 11.7 Å². The molecule has 3 aromatic carbocycles. The van der Waals surface area contributed by atoms with Crippen molar-refractivity contribution in [3.63, 3.8) is 0 Å². The van der Waals surface area contributed by atoms with Gasteiger partial charge in [-0.1, -0.05) is 41.9 Å². The average molecular weight is 547 g/mol. The zero-order chi connectivity index (χ0) is 27.7. The predicted octanol–water partition coefficient (Wildman–Crippen LogP) is 5.19. The number of furan rings is 1. The summed E-state index contributed by atoms with van der Waals surface area (Å²) in [6.45, 7) is 1.37. The van der Waals surface area contributed by atoms with E-state index in [2.05, 4.69) is 14.8 Å². The van der Waals surface area contributed by atoms with Gasteiger partial charge in [0.25, 0.3) is 5.56 Å². The molecule has 0 aliphatic rings. The predicted molar refractivity (Wildman–Crippen MR) is 144 cm³/mol. The van der Waals surface area contributed by atoms with Gasteiger partial charge in [0.05, 0.1) is 34.2 Å². The third-order valence-electron chi connectivity index (χ3n) is 5.79. The van der Waals surface area contributed by atoms with Crippen LogP contribution in [0.4, 0.5) is 5.69 Å². The molecule has 0 fully saturated rings. The van der Waals surface area contributed by atoms with Crippen LogP contribution in [0.15, 0.2) is 81.0 Å². The van der Waals surface area contributed by atoms with Crippen LogP contribution in [0.2, 0.25) is 5.02 Å². The second-order valence-corrected chi connectivity index (χ2v) is 8.76. The second kappa shape index (κ2) is 10.4. The SMILES string of the molecule is COC(=O)[C@@H](C)Oc1c(Cl)cc(C=Nn2c(-c3cc4ccccc4o3)nc3ccccc3c2=O)cc1[N+](=O)[O-]. The topological polar surface area (TPSA) is 139 Å². The number of nitrogens with zero attached hydrogens (tertiary/aromatic N) is 4. The quantitative estimate of drug-likeness (QED) is 0.117. The molecule has 0 spiro atoms. The maximum atomic E-state index is 13.4. The van der Waals surface area contributed by atoms with E-state index in [0.29, 0.717) is 22.2 Å². The van der Waals surface area contributed by atoms with Gasteiger partial charge in [-0.15, -0.1) is 0 Å². The van der Waals surface area contributed by atoms with E-state index in [1.165, 1.54) is 26.3 Å². The minimum absolute atomic E-state index is 0.136. The lowest BCUT2D eigenvalue weighted by atomic mass is 10.2. The van der Waals surface area contributed by atoms with E-state index in [9.17, 15) is 19.7 Å². The molecule has 12 heteroatoms. The molecule has 11 nitrogen and oxygen atoms in total. The minimum Gasteiger partial charge on any atom is -0.471 e. The van der Waals surface area contributed by atoms with Crippen molar-refractivity contribution in [1.29, 1.82) is 0 Å². The highest BCUT2D eigenvalue weighted by Gasteiger charge is 2.25. The summed E-state index contributed by atoms with van der Waals surface area (Å²) in [7, 11) is 1.17. The van der Waals surface area contributed by atoms with Crippen LogP contribution in [0.25, 0.3) is 33.5 Å². The van der Waals surface area contributed by atoms with Crippen molar-refractivity contribution in [3.05, 3.63) is 97.8 Å². The number of carbonyl (C=O) groups is 1. The Morgan fingerprint density at radius 2 is 1.92 bits per heavy atom. The Balaban J connectivity index is 1.62. The van der Waals surface area contributed by atoms with Crippen molar-refractivity contribution in [2.45, 2.75) is 13.0 Å². The summed E-state index contributed by atoms with van der Waals surface area (Å²) < 4.78 is 17.0. The molecule has 0 N–H and O–H groups in total. The summed E-state index contributed by atoms with van der Waals surface area (Å²) in [5.41, 5.74) is 0.273. The largest absolute Gasteiger partial charge is 0.471 e. The molecule has 0 amide bonds. The molecule has 196 valence electrons. The molecule has 0 aliphatic carbocycles. The highest BCUT2D eigenvalue weighted by atomic mass is 35.5. The molecule has 0 aliphatic heterocycles. The van der Waals surface area contributed by atoms with Crippen LogP contribution in [-0.2, 0) is 9.53 Å². The fourth-order valence-electron chi connectivity index (χ4n) is 3.92. The molecule has 39 heavy (non-hydrogen) atoms. The Bertz CT molecular complexity index is 1810. The number of halogens is 1. The molecule has 2 heterocycles. The Morgan fingerprint density at radius 3 is 2.67 bits per heavy atom. The Morgan fingerprint density at radius 1 is 1.18 bits per heavy atom. The van der Waals surface area contributed by atoms with Gasteiger partial charge in [0, 0.05) is 17.0 Å². The van der Waals surface area contributed by atoms with Gasteiger partial charge in [0.2, 0.25) is 11.6 Å². The van der Waals surface area contributed by atoms with Crippen molar-refractivity contribution in [2.24, 2.45) is 5.10 Å². The number of methoxy groups -OCH3 is 1. The van der Waals surface area contributed by atoms with Crippen LogP contribution in [0.5, 0.6) is 5.75 Å². The zero-order valence-corrected chi connectivity index (χ0v) is 21.3. The van der Waals surface area contributed by atoms with Crippen LogP contribution in [0.1, 0.15) is 12.5 Å². The highest BCUT2D eigenvalue weighted by Crippen LogP contribution is 2.37. The number of nitro benzene ring substituents is 1. The molecule has 0 radical (unpaired) electrons. The Hall–Kier alpha value is -5.03. The van der Waals surface area contributed by atoms with Gasteiger partial charge in [-0.2, -0.15) is 9.78 Å². The summed E-state index contributed by atoms with van der Waals surface area (Å²) in [6.07, 6.45) is 0.0930. The van der Waals surface area contributed by atoms with Gasteiger partial charge in [0.15, 0.2) is 11.9 Å². The third kappa shape index (κ3) is 4.94. The number of rotatable bonds is 7. The fraction of sp³-hybridized carbons (Fsp3) is 0.111. The third-order valence-corrected chi connectivity index (χ3v) is 6.07.